The van der Waals surface area contributed by atoms with Crippen molar-refractivity contribution < 1.29 is 4.79 Å². The first-order chi connectivity index (χ1) is 10.2. The van der Waals surface area contributed by atoms with Gasteiger partial charge < -0.3 is 10.2 Å². The zero-order valence-electron chi connectivity index (χ0n) is 11.9. The lowest BCUT2D eigenvalue weighted by atomic mass is 10.1. The maximum absolute atomic E-state index is 12.4. The van der Waals surface area contributed by atoms with Crippen molar-refractivity contribution in [3.63, 3.8) is 0 Å². The van der Waals surface area contributed by atoms with Crippen molar-refractivity contribution in [1.82, 2.24) is 30.4 Å². The van der Waals surface area contributed by atoms with Crippen LogP contribution in [0.25, 0.3) is 5.69 Å². The van der Waals surface area contributed by atoms with E-state index >= 15 is 0 Å². The van der Waals surface area contributed by atoms with Crippen LogP contribution in [0.1, 0.15) is 12.5 Å². The van der Waals surface area contributed by atoms with Gasteiger partial charge in [0, 0.05) is 25.7 Å². The molecule has 1 fully saturated rings. The Bertz CT molecular complexity index is 594. The molecule has 2 heterocycles. The summed E-state index contributed by atoms with van der Waals surface area (Å²) in [7, 11) is 0. The second-order valence-electron chi connectivity index (χ2n) is 5.24. The number of tetrazole rings is 1. The van der Waals surface area contributed by atoms with E-state index in [1.807, 2.05) is 29.2 Å². The molecular weight excluding hydrogens is 268 g/mol. The summed E-state index contributed by atoms with van der Waals surface area (Å²) in [5.74, 6) is 0.180. The van der Waals surface area contributed by atoms with Gasteiger partial charge in [0.05, 0.1) is 12.1 Å². The van der Waals surface area contributed by atoms with Crippen LogP contribution in [0.15, 0.2) is 30.6 Å². The number of carbonyl (C=O) groups is 1. The number of amides is 1. The van der Waals surface area contributed by atoms with Crippen LogP contribution in [0.3, 0.4) is 0 Å². The van der Waals surface area contributed by atoms with Gasteiger partial charge in [-0.15, -0.1) is 5.10 Å². The zero-order chi connectivity index (χ0) is 14.7. The van der Waals surface area contributed by atoms with Gasteiger partial charge >= 0.3 is 0 Å². The molecule has 0 radical (unpaired) electrons. The van der Waals surface area contributed by atoms with Crippen LogP contribution in [0.2, 0.25) is 0 Å². The maximum atomic E-state index is 12.4. The average Bonchev–Trinajstić information content (AvgIpc) is 3.02. The lowest BCUT2D eigenvalue weighted by molar-refractivity contribution is -0.133. The number of nitrogens with zero attached hydrogens (tertiary/aromatic N) is 5. The van der Waals surface area contributed by atoms with Crippen LogP contribution in [0.4, 0.5) is 0 Å². The molecule has 1 amide bonds. The third kappa shape index (κ3) is 3.08. The summed E-state index contributed by atoms with van der Waals surface area (Å²) in [6, 6.07) is 7.98. The molecule has 0 spiro atoms. The predicted molar refractivity (Wildman–Crippen MR) is 76.9 cm³/mol. The van der Waals surface area contributed by atoms with Gasteiger partial charge in [0.2, 0.25) is 5.91 Å². The predicted octanol–water partition coefficient (Wildman–Crippen LogP) is 0.0251. The van der Waals surface area contributed by atoms with Crippen molar-refractivity contribution in [2.24, 2.45) is 0 Å². The van der Waals surface area contributed by atoms with E-state index in [1.54, 1.807) is 11.0 Å². The highest BCUT2D eigenvalue weighted by atomic mass is 16.2. The number of carbonyl (C=O) groups excluding carboxylic acids is 1. The summed E-state index contributed by atoms with van der Waals surface area (Å²) in [6.45, 7) is 4.59. The van der Waals surface area contributed by atoms with Crippen LogP contribution < -0.4 is 5.32 Å². The second-order valence-corrected chi connectivity index (χ2v) is 5.24. The van der Waals surface area contributed by atoms with Crippen LogP contribution in [-0.4, -0.2) is 56.7 Å². The molecule has 3 rings (SSSR count). The Labute approximate surface area is 122 Å². The average molecular weight is 286 g/mol. The fourth-order valence-corrected chi connectivity index (χ4v) is 2.53. The van der Waals surface area contributed by atoms with E-state index in [9.17, 15) is 4.79 Å². The molecule has 1 aromatic carbocycles. The Hall–Kier alpha value is -2.28. The fraction of sp³-hybridized carbons (Fsp3) is 0.429. The first kappa shape index (κ1) is 13.7. The first-order valence-corrected chi connectivity index (χ1v) is 7.06. The summed E-state index contributed by atoms with van der Waals surface area (Å²) in [5, 5.41) is 14.3. The normalized spacial score (nSPS) is 18.7. The van der Waals surface area contributed by atoms with E-state index in [0.29, 0.717) is 6.42 Å². The Morgan fingerprint density at radius 2 is 2.19 bits per heavy atom. The van der Waals surface area contributed by atoms with E-state index in [2.05, 4.69) is 27.8 Å². The molecule has 1 N–H and O–H groups in total. The summed E-state index contributed by atoms with van der Waals surface area (Å²) < 4.78 is 1.59. The Morgan fingerprint density at radius 3 is 2.86 bits per heavy atom. The highest BCUT2D eigenvalue weighted by Crippen LogP contribution is 2.11. The van der Waals surface area contributed by atoms with Crippen molar-refractivity contribution in [2.45, 2.75) is 19.4 Å². The van der Waals surface area contributed by atoms with Gasteiger partial charge in [0.15, 0.2) is 0 Å². The Kier molecular flexibility index (Phi) is 3.92. The van der Waals surface area contributed by atoms with Crippen LogP contribution in [0, 0.1) is 0 Å². The number of benzene rings is 1. The lowest BCUT2D eigenvalue weighted by Gasteiger charge is -2.34. The van der Waals surface area contributed by atoms with E-state index in [0.717, 1.165) is 30.9 Å². The molecule has 21 heavy (non-hydrogen) atoms. The van der Waals surface area contributed by atoms with E-state index in [-0.39, 0.29) is 11.9 Å². The summed E-state index contributed by atoms with van der Waals surface area (Å²) in [5.41, 5.74) is 1.88. The van der Waals surface area contributed by atoms with Gasteiger partial charge in [-0.3, -0.25) is 4.79 Å². The smallest absolute Gasteiger partial charge is 0.227 e. The molecule has 7 nitrogen and oxygen atoms in total. The molecule has 0 unspecified atom stereocenters. The third-order valence-corrected chi connectivity index (χ3v) is 3.73. The molecule has 1 saturated heterocycles. The van der Waals surface area contributed by atoms with Crippen molar-refractivity contribution in [1.29, 1.82) is 0 Å². The minimum atomic E-state index is 0.180. The molecule has 1 aliphatic rings. The lowest BCUT2D eigenvalue weighted by Crippen LogP contribution is -2.52. The van der Waals surface area contributed by atoms with Gasteiger partial charge in [-0.25, -0.2) is 4.68 Å². The molecule has 110 valence electrons. The third-order valence-electron chi connectivity index (χ3n) is 3.73. The standard InChI is InChI=1S/C14H18N6O/c1-11-9-15-6-7-19(11)14(21)8-12-2-4-13(5-3-12)20-10-16-17-18-20/h2-5,10-11,15H,6-9H2,1H3/t11-/m1/s1. The van der Waals surface area contributed by atoms with E-state index in [1.165, 1.54) is 0 Å². The molecule has 1 aromatic heterocycles. The van der Waals surface area contributed by atoms with Crippen molar-refractivity contribution in [3.05, 3.63) is 36.2 Å². The van der Waals surface area contributed by atoms with E-state index < -0.39 is 0 Å². The zero-order valence-corrected chi connectivity index (χ0v) is 11.9. The molecule has 0 saturated carbocycles. The summed E-state index contributed by atoms with van der Waals surface area (Å²) in [4.78, 5) is 14.3. The van der Waals surface area contributed by atoms with Crippen molar-refractivity contribution >= 4 is 5.91 Å². The molecule has 1 atom stereocenters. The Balaban J connectivity index is 1.66. The molecule has 0 aliphatic carbocycles. The van der Waals surface area contributed by atoms with Gasteiger partial charge in [-0.1, -0.05) is 12.1 Å². The molecule has 7 heteroatoms. The molecule has 0 bridgehead atoms. The van der Waals surface area contributed by atoms with Crippen molar-refractivity contribution in [3.8, 4) is 5.69 Å². The molecule has 1 aliphatic heterocycles. The number of piperazine rings is 1. The SMILES string of the molecule is C[C@@H]1CNCCN1C(=O)Cc1ccc(-n2cnnn2)cc1. The summed E-state index contributed by atoms with van der Waals surface area (Å²) >= 11 is 0. The number of hydrogen-bond donors (Lipinski definition) is 1. The van der Waals surface area contributed by atoms with Crippen molar-refractivity contribution in [2.75, 3.05) is 19.6 Å². The largest absolute Gasteiger partial charge is 0.337 e. The molecular formula is C14H18N6O. The highest BCUT2D eigenvalue weighted by molar-refractivity contribution is 5.79. The minimum absolute atomic E-state index is 0.180. The molecule has 2 aromatic rings. The number of aromatic nitrogens is 4. The minimum Gasteiger partial charge on any atom is -0.337 e. The maximum Gasteiger partial charge on any atom is 0.227 e. The van der Waals surface area contributed by atoms with E-state index in [4.69, 9.17) is 0 Å². The second kappa shape index (κ2) is 6.01. The number of hydrogen-bond acceptors (Lipinski definition) is 5. The van der Waals surface area contributed by atoms with Gasteiger partial charge in [-0.05, 0) is 35.0 Å². The number of nitrogens with one attached hydrogen (secondary N) is 1. The van der Waals surface area contributed by atoms with Gasteiger partial charge in [0.25, 0.3) is 0 Å². The van der Waals surface area contributed by atoms with Gasteiger partial charge in [0.1, 0.15) is 6.33 Å². The van der Waals surface area contributed by atoms with Crippen LogP contribution >= 0.6 is 0 Å². The first-order valence-electron chi connectivity index (χ1n) is 7.06. The number of rotatable bonds is 3. The fourth-order valence-electron chi connectivity index (χ4n) is 2.53. The van der Waals surface area contributed by atoms with Crippen LogP contribution in [-0.2, 0) is 11.2 Å². The topological polar surface area (TPSA) is 75.9 Å². The van der Waals surface area contributed by atoms with Gasteiger partial charge in [-0.2, -0.15) is 0 Å². The monoisotopic (exact) mass is 286 g/mol. The van der Waals surface area contributed by atoms with Crippen LogP contribution in [0.5, 0.6) is 0 Å². The highest BCUT2D eigenvalue weighted by Gasteiger charge is 2.22. The summed E-state index contributed by atoms with van der Waals surface area (Å²) in [6.07, 6.45) is 1.97. The quantitative estimate of drug-likeness (QED) is 0.861. The Morgan fingerprint density at radius 1 is 1.38 bits per heavy atom.